The quantitative estimate of drug-likeness (QED) is 0.756. The molecule has 6 nitrogen and oxygen atoms in total. The molecule has 0 saturated carbocycles. The molecule has 2 heterocycles. The number of halogens is 2. The number of fused-ring (bicyclic) bond motifs is 1. The summed E-state index contributed by atoms with van der Waals surface area (Å²) in [6, 6.07) is 4.29. The van der Waals surface area contributed by atoms with Gasteiger partial charge in [0.2, 0.25) is 0 Å². The van der Waals surface area contributed by atoms with Crippen molar-refractivity contribution in [1.82, 2.24) is 13.7 Å². The van der Waals surface area contributed by atoms with Crippen molar-refractivity contribution < 1.29 is 9.18 Å². The smallest absolute Gasteiger partial charge is 0.259 e. The monoisotopic (exact) mass is 323 g/mol. The fourth-order valence-corrected chi connectivity index (χ4v) is 2.50. The lowest BCUT2D eigenvalue weighted by molar-refractivity contribution is 0.102. The maximum Gasteiger partial charge on any atom is 0.259 e. The topological polar surface area (TPSA) is 93.8 Å². The number of hydrogen-bond donors (Lipinski definition) is 2. The van der Waals surface area contributed by atoms with Gasteiger partial charge in [-0.3, -0.25) is 4.79 Å². The van der Waals surface area contributed by atoms with Gasteiger partial charge in [-0.25, -0.2) is 9.37 Å². The number of nitrogens with one attached hydrogen (secondary N) is 1. The highest BCUT2D eigenvalue weighted by Crippen LogP contribution is 2.30. The molecule has 3 rings (SSSR count). The predicted molar refractivity (Wildman–Crippen MR) is 79.0 cm³/mol. The summed E-state index contributed by atoms with van der Waals surface area (Å²) in [6.45, 7) is 0. The Morgan fingerprint density at radius 1 is 1.38 bits per heavy atom. The van der Waals surface area contributed by atoms with E-state index in [4.69, 9.17) is 17.3 Å². The number of carbonyl (C=O) groups is 1. The molecule has 0 atom stereocenters. The Labute approximate surface area is 127 Å². The molecule has 0 saturated heterocycles. The van der Waals surface area contributed by atoms with Crippen LogP contribution < -0.4 is 11.1 Å². The van der Waals surface area contributed by atoms with E-state index in [2.05, 4.69) is 19.0 Å². The summed E-state index contributed by atoms with van der Waals surface area (Å²) < 4.78 is 21.3. The lowest BCUT2D eigenvalue weighted by Crippen LogP contribution is -2.15. The van der Waals surface area contributed by atoms with Crippen LogP contribution in [0, 0.1) is 5.82 Å². The fraction of sp³-hybridized carbons (Fsp3) is 0. The van der Waals surface area contributed by atoms with E-state index in [1.54, 1.807) is 12.1 Å². The van der Waals surface area contributed by atoms with Gasteiger partial charge in [0.05, 0.1) is 34.2 Å². The summed E-state index contributed by atoms with van der Waals surface area (Å²) in [5, 5.41) is 2.87. The second-order valence-electron chi connectivity index (χ2n) is 4.09. The van der Waals surface area contributed by atoms with Gasteiger partial charge in [-0.2, -0.15) is 8.75 Å². The molecular weight excluding hydrogens is 317 g/mol. The number of anilines is 2. The summed E-state index contributed by atoms with van der Waals surface area (Å²) in [7, 11) is 0. The van der Waals surface area contributed by atoms with E-state index >= 15 is 0 Å². The van der Waals surface area contributed by atoms with Crippen LogP contribution in [0.5, 0.6) is 0 Å². The van der Waals surface area contributed by atoms with Crippen molar-refractivity contribution in [2.24, 2.45) is 0 Å². The Morgan fingerprint density at radius 2 is 2.19 bits per heavy atom. The Hall–Kier alpha value is -2.32. The summed E-state index contributed by atoms with van der Waals surface area (Å²) in [4.78, 5) is 15.8. The first-order valence-corrected chi connectivity index (χ1v) is 6.80. The lowest BCUT2D eigenvalue weighted by atomic mass is 10.2. The number of nitrogens with two attached hydrogens (primary N) is 1. The van der Waals surface area contributed by atoms with Crippen molar-refractivity contribution in [1.29, 1.82) is 0 Å². The van der Waals surface area contributed by atoms with Gasteiger partial charge in [-0.05, 0) is 18.2 Å². The maximum atomic E-state index is 13.2. The van der Waals surface area contributed by atoms with Crippen LogP contribution >= 0.6 is 23.3 Å². The van der Waals surface area contributed by atoms with E-state index in [0.29, 0.717) is 21.7 Å². The van der Waals surface area contributed by atoms with Crippen LogP contribution in [-0.4, -0.2) is 19.6 Å². The molecule has 3 aromatic rings. The number of rotatable bonds is 2. The third-order valence-corrected chi connectivity index (χ3v) is 3.60. The zero-order valence-corrected chi connectivity index (χ0v) is 11.9. The fourth-order valence-electron chi connectivity index (χ4n) is 1.76. The van der Waals surface area contributed by atoms with Gasteiger partial charge in [0.1, 0.15) is 22.7 Å². The van der Waals surface area contributed by atoms with Crippen LogP contribution in [-0.2, 0) is 0 Å². The Balaban J connectivity index is 2.02. The van der Waals surface area contributed by atoms with E-state index in [9.17, 15) is 9.18 Å². The van der Waals surface area contributed by atoms with Crippen LogP contribution in [0.1, 0.15) is 10.4 Å². The van der Waals surface area contributed by atoms with E-state index in [-0.39, 0.29) is 11.4 Å². The minimum atomic E-state index is -0.658. The van der Waals surface area contributed by atoms with Crippen LogP contribution in [0.3, 0.4) is 0 Å². The van der Waals surface area contributed by atoms with E-state index in [1.165, 1.54) is 0 Å². The third kappa shape index (κ3) is 2.50. The average Bonchev–Trinajstić information content (AvgIpc) is 2.93. The van der Waals surface area contributed by atoms with Gasteiger partial charge in [-0.1, -0.05) is 11.6 Å². The maximum absolute atomic E-state index is 13.2. The van der Waals surface area contributed by atoms with Gasteiger partial charge in [0.15, 0.2) is 0 Å². The molecule has 0 aliphatic heterocycles. The Kier molecular flexibility index (Phi) is 3.40. The van der Waals surface area contributed by atoms with E-state index in [0.717, 1.165) is 24.0 Å². The molecule has 0 fully saturated rings. The first-order chi connectivity index (χ1) is 10.1. The molecule has 0 aliphatic rings. The molecule has 9 heteroatoms. The molecule has 2 aromatic heterocycles. The van der Waals surface area contributed by atoms with Gasteiger partial charge in [-0.15, -0.1) is 0 Å². The molecule has 1 aromatic carbocycles. The van der Waals surface area contributed by atoms with Crippen LogP contribution in [0.2, 0.25) is 5.02 Å². The third-order valence-electron chi connectivity index (χ3n) is 2.75. The highest BCUT2D eigenvalue weighted by Gasteiger charge is 2.17. The number of hydrogen-bond acceptors (Lipinski definition) is 6. The van der Waals surface area contributed by atoms with E-state index in [1.807, 2.05) is 0 Å². The minimum Gasteiger partial charge on any atom is -0.383 e. The summed E-state index contributed by atoms with van der Waals surface area (Å²) >= 11 is 7.06. The SMILES string of the molecule is Nc1ncc(F)cc1C(=O)Nc1c(Cl)ccc2nsnc12. The Morgan fingerprint density at radius 3 is 3.00 bits per heavy atom. The largest absolute Gasteiger partial charge is 0.383 e. The van der Waals surface area contributed by atoms with Gasteiger partial charge < -0.3 is 11.1 Å². The first kappa shape index (κ1) is 13.7. The van der Waals surface area contributed by atoms with Crippen LogP contribution in [0.15, 0.2) is 24.4 Å². The number of nitrogens with zero attached hydrogens (tertiary/aromatic N) is 3. The molecule has 0 unspecified atom stereocenters. The number of nitrogen functional groups attached to an aromatic ring is 1. The number of aromatic nitrogens is 3. The minimum absolute atomic E-state index is 0.0754. The number of pyridine rings is 1. The number of carbonyl (C=O) groups excluding carboxylic acids is 1. The first-order valence-electron chi connectivity index (χ1n) is 5.69. The zero-order chi connectivity index (χ0) is 15.0. The molecule has 3 N–H and O–H groups in total. The van der Waals surface area contributed by atoms with Crippen LogP contribution in [0.25, 0.3) is 11.0 Å². The van der Waals surface area contributed by atoms with E-state index < -0.39 is 11.7 Å². The normalized spacial score (nSPS) is 10.8. The predicted octanol–water partition coefficient (Wildman–Crippen LogP) is 2.71. The lowest BCUT2D eigenvalue weighted by Gasteiger charge is -2.09. The highest BCUT2D eigenvalue weighted by atomic mass is 35.5. The molecule has 21 heavy (non-hydrogen) atoms. The number of amides is 1. The highest BCUT2D eigenvalue weighted by molar-refractivity contribution is 7.00. The standard InChI is InChI=1S/C12H7ClFN5OS/c13-7-1-2-8-10(19-21-18-8)9(7)17-12(20)6-3-5(14)4-16-11(6)15/h1-4H,(H2,15,16)(H,17,20). The van der Waals surface area contributed by atoms with Crippen LogP contribution in [0.4, 0.5) is 15.9 Å². The summed E-state index contributed by atoms with van der Waals surface area (Å²) in [6.07, 6.45) is 0.935. The van der Waals surface area contributed by atoms with Gasteiger partial charge in [0.25, 0.3) is 5.91 Å². The van der Waals surface area contributed by atoms with Crippen molar-refractivity contribution >= 4 is 51.8 Å². The molecule has 0 aliphatic carbocycles. The second-order valence-corrected chi connectivity index (χ2v) is 5.03. The summed E-state index contributed by atoms with van der Waals surface area (Å²) in [5.41, 5.74) is 6.87. The number of benzene rings is 1. The molecule has 1 amide bonds. The van der Waals surface area contributed by atoms with Gasteiger partial charge in [0, 0.05) is 0 Å². The molecule has 0 bridgehead atoms. The van der Waals surface area contributed by atoms with Gasteiger partial charge >= 0.3 is 0 Å². The van der Waals surface area contributed by atoms with Crippen molar-refractivity contribution in [2.45, 2.75) is 0 Å². The molecule has 106 valence electrons. The van der Waals surface area contributed by atoms with Crippen molar-refractivity contribution in [3.8, 4) is 0 Å². The molecule has 0 radical (unpaired) electrons. The van der Waals surface area contributed by atoms with Crippen molar-refractivity contribution in [3.63, 3.8) is 0 Å². The second kappa shape index (κ2) is 5.23. The molecule has 0 spiro atoms. The molecular formula is C12H7ClFN5OS. The summed E-state index contributed by atoms with van der Waals surface area (Å²) in [5.74, 6) is -1.36. The zero-order valence-electron chi connectivity index (χ0n) is 10.3. The van der Waals surface area contributed by atoms with Crippen molar-refractivity contribution in [3.05, 3.63) is 40.8 Å². The van der Waals surface area contributed by atoms with Crippen molar-refractivity contribution in [2.75, 3.05) is 11.1 Å². The average molecular weight is 324 g/mol. The Bertz CT molecular complexity index is 853.